The number of rotatable bonds is 6. The Labute approximate surface area is 181 Å². The summed E-state index contributed by atoms with van der Waals surface area (Å²) in [5.74, 6) is 0.627. The third kappa shape index (κ3) is 4.47. The molecular weight excluding hydrogens is 390 g/mol. The van der Waals surface area contributed by atoms with Crippen LogP contribution in [0.5, 0.6) is 0 Å². The minimum absolute atomic E-state index is 0.0293. The van der Waals surface area contributed by atoms with E-state index in [-0.39, 0.29) is 5.91 Å². The summed E-state index contributed by atoms with van der Waals surface area (Å²) in [6, 6.07) is 27.8. The number of hydrogen-bond acceptors (Lipinski definition) is 4. The number of anilines is 2. The van der Waals surface area contributed by atoms with Crippen molar-refractivity contribution in [2.24, 2.45) is 0 Å². The lowest BCUT2D eigenvalue weighted by atomic mass is 10.1. The van der Waals surface area contributed by atoms with Crippen LogP contribution in [-0.2, 0) is 6.54 Å². The fourth-order valence-corrected chi connectivity index (χ4v) is 3.86. The molecule has 30 heavy (non-hydrogen) atoms. The fraction of sp³-hybridized carbons (Fsp3) is 0.120. The van der Waals surface area contributed by atoms with E-state index < -0.39 is 0 Å². The number of hydrogen-bond donors (Lipinski definition) is 1. The molecule has 0 radical (unpaired) electrons. The molecule has 4 nitrogen and oxygen atoms in total. The highest BCUT2D eigenvalue weighted by Gasteiger charge is 2.17. The van der Waals surface area contributed by atoms with E-state index in [9.17, 15) is 4.79 Å². The Morgan fingerprint density at radius 2 is 1.73 bits per heavy atom. The molecule has 3 aromatic carbocycles. The van der Waals surface area contributed by atoms with E-state index in [1.807, 2.05) is 86.1 Å². The summed E-state index contributed by atoms with van der Waals surface area (Å²) in [7, 11) is 1.83. The second kappa shape index (κ2) is 9.01. The van der Waals surface area contributed by atoms with Crippen molar-refractivity contribution in [1.29, 1.82) is 0 Å². The van der Waals surface area contributed by atoms with Crippen molar-refractivity contribution in [3.8, 4) is 0 Å². The van der Waals surface area contributed by atoms with Crippen molar-refractivity contribution in [2.75, 3.05) is 18.6 Å². The van der Waals surface area contributed by atoms with Crippen molar-refractivity contribution in [1.82, 2.24) is 9.88 Å². The van der Waals surface area contributed by atoms with Crippen LogP contribution in [0.15, 0.2) is 89.8 Å². The molecule has 0 aliphatic carbocycles. The summed E-state index contributed by atoms with van der Waals surface area (Å²) >= 11 is 1.69. The topological polar surface area (TPSA) is 45.2 Å². The normalized spacial score (nSPS) is 10.7. The average molecular weight is 414 g/mol. The van der Waals surface area contributed by atoms with Crippen molar-refractivity contribution < 1.29 is 4.79 Å². The predicted molar refractivity (Wildman–Crippen MR) is 125 cm³/mol. The number of carbonyl (C=O) groups excluding carboxylic acids is 1. The number of aromatic nitrogens is 1. The minimum atomic E-state index is -0.0293. The Hall–Kier alpha value is -3.31. The number of carbonyl (C=O) groups is 1. The van der Waals surface area contributed by atoms with E-state index in [0.29, 0.717) is 17.9 Å². The fourth-order valence-electron chi connectivity index (χ4n) is 3.40. The van der Waals surface area contributed by atoms with Gasteiger partial charge in [-0.05, 0) is 42.2 Å². The molecule has 0 bridgehead atoms. The molecule has 5 heteroatoms. The van der Waals surface area contributed by atoms with Gasteiger partial charge < -0.3 is 10.2 Å². The molecular formula is C25H23N3OS. The van der Waals surface area contributed by atoms with Crippen LogP contribution in [0.3, 0.4) is 0 Å². The van der Waals surface area contributed by atoms with Crippen molar-refractivity contribution in [3.63, 3.8) is 0 Å². The number of amides is 1. The largest absolute Gasteiger partial charge is 0.340 e. The number of nitrogens with zero attached hydrogens (tertiary/aromatic N) is 2. The highest BCUT2D eigenvalue weighted by molar-refractivity contribution is 7.98. The molecule has 0 unspecified atom stereocenters. The first-order valence-electron chi connectivity index (χ1n) is 9.74. The van der Waals surface area contributed by atoms with Gasteiger partial charge in [-0.1, -0.05) is 54.6 Å². The molecule has 0 aliphatic rings. The van der Waals surface area contributed by atoms with Crippen LogP contribution in [0.4, 0.5) is 11.5 Å². The first kappa shape index (κ1) is 20.0. The molecule has 1 aromatic heterocycles. The van der Waals surface area contributed by atoms with Gasteiger partial charge >= 0.3 is 0 Å². The van der Waals surface area contributed by atoms with Crippen LogP contribution in [0, 0.1) is 0 Å². The first-order chi connectivity index (χ1) is 14.6. The Morgan fingerprint density at radius 3 is 2.53 bits per heavy atom. The van der Waals surface area contributed by atoms with Crippen LogP contribution >= 0.6 is 11.8 Å². The molecule has 0 atom stereocenters. The molecule has 4 aromatic rings. The second-order valence-corrected chi connectivity index (χ2v) is 7.96. The van der Waals surface area contributed by atoms with E-state index in [4.69, 9.17) is 4.98 Å². The molecule has 4 rings (SSSR count). The molecule has 150 valence electrons. The summed E-state index contributed by atoms with van der Waals surface area (Å²) in [6.45, 7) is 0.550. The lowest BCUT2D eigenvalue weighted by Crippen LogP contribution is -2.26. The highest BCUT2D eigenvalue weighted by atomic mass is 32.2. The molecule has 0 fully saturated rings. The summed E-state index contributed by atoms with van der Waals surface area (Å²) in [6.07, 6.45) is 2.05. The maximum atomic E-state index is 13.3. The standard InChI is InChI=1S/C25H23N3OS/c1-28(17-18-9-4-3-5-10-18)25(29)22-16-24(27-23-14-7-6-13-21(22)23)26-19-11-8-12-20(15-19)30-2/h3-16H,17H2,1-2H3,(H,26,27). The van der Waals surface area contributed by atoms with Gasteiger partial charge in [0.15, 0.2) is 0 Å². The molecule has 0 aliphatic heterocycles. The maximum Gasteiger partial charge on any atom is 0.254 e. The van der Waals surface area contributed by atoms with Crippen LogP contribution in [-0.4, -0.2) is 29.1 Å². The maximum absolute atomic E-state index is 13.3. The summed E-state index contributed by atoms with van der Waals surface area (Å²) in [4.78, 5) is 21.0. The van der Waals surface area contributed by atoms with Gasteiger partial charge in [-0.3, -0.25) is 4.79 Å². The molecule has 0 spiro atoms. The van der Waals surface area contributed by atoms with Gasteiger partial charge in [-0.15, -0.1) is 11.8 Å². The van der Waals surface area contributed by atoms with Gasteiger partial charge in [0.25, 0.3) is 5.91 Å². The SMILES string of the molecule is CSc1cccc(Nc2cc(C(=O)N(C)Cc3ccccc3)c3ccccc3n2)c1. The van der Waals surface area contributed by atoms with Gasteiger partial charge in [0.2, 0.25) is 0 Å². The van der Waals surface area contributed by atoms with Crippen LogP contribution in [0.2, 0.25) is 0 Å². The molecule has 1 amide bonds. The lowest BCUT2D eigenvalue weighted by Gasteiger charge is -2.19. The number of para-hydroxylation sites is 1. The quantitative estimate of drug-likeness (QED) is 0.395. The van der Waals surface area contributed by atoms with Gasteiger partial charge in [0.1, 0.15) is 5.82 Å². The first-order valence-corrected chi connectivity index (χ1v) is 11.0. The smallest absolute Gasteiger partial charge is 0.254 e. The van der Waals surface area contributed by atoms with Gasteiger partial charge in [0, 0.05) is 29.6 Å². The number of benzene rings is 3. The lowest BCUT2D eigenvalue weighted by molar-refractivity contribution is 0.0787. The van der Waals surface area contributed by atoms with Crippen LogP contribution in [0.25, 0.3) is 10.9 Å². The molecule has 0 saturated carbocycles. The average Bonchev–Trinajstić information content (AvgIpc) is 2.79. The van der Waals surface area contributed by atoms with Crippen LogP contribution < -0.4 is 5.32 Å². The zero-order chi connectivity index (χ0) is 20.9. The number of thioether (sulfide) groups is 1. The van der Waals surface area contributed by atoms with E-state index in [1.165, 1.54) is 4.90 Å². The molecule has 1 heterocycles. The summed E-state index contributed by atoms with van der Waals surface area (Å²) in [5.41, 5.74) is 3.47. The van der Waals surface area contributed by atoms with E-state index in [1.54, 1.807) is 16.7 Å². The Bertz CT molecular complexity index is 1180. The highest BCUT2D eigenvalue weighted by Crippen LogP contribution is 2.26. The predicted octanol–water partition coefficient (Wildman–Crippen LogP) is 5.97. The Kier molecular flexibility index (Phi) is 6.00. The Balaban J connectivity index is 1.68. The monoisotopic (exact) mass is 413 g/mol. The summed E-state index contributed by atoms with van der Waals surface area (Å²) < 4.78 is 0. The van der Waals surface area contributed by atoms with E-state index in [0.717, 1.165) is 22.2 Å². The number of nitrogens with one attached hydrogen (secondary N) is 1. The van der Waals surface area contributed by atoms with E-state index >= 15 is 0 Å². The number of pyridine rings is 1. The number of fused-ring (bicyclic) bond motifs is 1. The third-order valence-corrected chi connectivity index (χ3v) is 5.62. The molecule has 1 N–H and O–H groups in total. The zero-order valence-corrected chi connectivity index (χ0v) is 17.8. The second-order valence-electron chi connectivity index (χ2n) is 7.08. The van der Waals surface area contributed by atoms with Crippen molar-refractivity contribution in [3.05, 3.63) is 96.1 Å². The van der Waals surface area contributed by atoms with Gasteiger partial charge in [-0.25, -0.2) is 4.98 Å². The third-order valence-electron chi connectivity index (χ3n) is 4.90. The zero-order valence-electron chi connectivity index (χ0n) is 17.0. The summed E-state index contributed by atoms with van der Waals surface area (Å²) in [5, 5.41) is 4.21. The van der Waals surface area contributed by atoms with E-state index in [2.05, 4.69) is 17.4 Å². The van der Waals surface area contributed by atoms with Crippen molar-refractivity contribution in [2.45, 2.75) is 11.4 Å². The molecule has 0 saturated heterocycles. The minimum Gasteiger partial charge on any atom is -0.340 e. The van der Waals surface area contributed by atoms with Gasteiger partial charge in [-0.2, -0.15) is 0 Å². The van der Waals surface area contributed by atoms with Crippen molar-refractivity contribution >= 4 is 40.1 Å². The Morgan fingerprint density at radius 1 is 0.967 bits per heavy atom. The van der Waals surface area contributed by atoms with Crippen LogP contribution in [0.1, 0.15) is 15.9 Å². The van der Waals surface area contributed by atoms with Gasteiger partial charge in [0.05, 0.1) is 11.1 Å².